The Morgan fingerprint density at radius 1 is 1.24 bits per heavy atom. The maximum atomic E-state index is 13.3. The summed E-state index contributed by atoms with van der Waals surface area (Å²) < 4.78 is 15.2. The van der Waals surface area contributed by atoms with Crippen LogP contribution in [0.4, 0.5) is 15.9 Å². The van der Waals surface area contributed by atoms with Crippen LogP contribution in [0.5, 0.6) is 0 Å². The van der Waals surface area contributed by atoms with Crippen molar-refractivity contribution < 1.29 is 4.39 Å². The molecule has 0 radical (unpaired) electrons. The second-order valence-corrected chi connectivity index (χ2v) is 5.33. The van der Waals surface area contributed by atoms with Gasteiger partial charge in [0.2, 0.25) is 0 Å². The van der Waals surface area contributed by atoms with Crippen LogP contribution in [-0.2, 0) is 6.54 Å². The van der Waals surface area contributed by atoms with Gasteiger partial charge < -0.3 is 15.2 Å². The summed E-state index contributed by atoms with van der Waals surface area (Å²) >= 11 is 0. The average molecular weight is 284 g/mol. The molecular weight excluding hydrogens is 267 g/mol. The van der Waals surface area contributed by atoms with Crippen LogP contribution in [0.25, 0.3) is 0 Å². The molecule has 1 aromatic heterocycles. The largest absolute Gasteiger partial charge is 0.396 e. The first-order valence-electron chi connectivity index (χ1n) is 7.07. The molecule has 4 nitrogen and oxygen atoms in total. The first-order chi connectivity index (χ1) is 10.2. The highest BCUT2D eigenvalue weighted by Crippen LogP contribution is 2.31. The summed E-state index contributed by atoms with van der Waals surface area (Å²) in [5.41, 5.74) is 8.04. The van der Waals surface area contributed by atoms with Gasteiger partial charge in [0.25, 0.3) is 0 Å². The van der Waals surface area contributed by atoms with E-state index in [9.17, 15) is 9.65 Å². The molecule has 0 amide bonds. The van der Waals surface area contributed by atoms with Crippen LogP contribution in [0.1, 0.15) is 24.1 Å². The van der Waals surface area contributed by atoms with E-state index in [0.29, 0.717) is 17.9 Å². The van der Waals surface area contributed by atoms with Crippen molar-refractivity contribution in [3.8, 4) is 6.07 Å². The van der Waals surface area contributed by atoms with Crippen molar-refractivity contribution >= 4 is 11.5 Å². The number of halogens is 1. The Morgan fingerprint density at radius 3 is 2.67 bits per heavy atom. The number of aromatic nitrogens is 1. The summed E-state index contributed by atoms with van der Waals surface area (Å²) in [7, 11) is 0. The smallest absolute Gasteiger partial charge is 0.133 e. The predicted molar refractivity (Wildman–Crippen MR) is 80.5 cm³/mol. The molecule has 5 heteroatoms. The van der Waals surface area contributed by atoms with Gasteiger partial charge in [-0.1, -0.05) is 12.1 Å². The molecule has 0 atom stereocenters. The van der Waals surface area contributed by atoms with Gasteiger partial charge in [-0.2, -0.15) is 5.26 Å². The van der Waals surface area contributed by atoms with E-state index in [1.54, 1.807) is 12.1 Å². The Kier molecular flexibility index (Phi) is 3.53. The molecule has 0 saturated carbocycles. The van der Waals surface area contributed by atoms with E-state index in [1.807, 2.05) is 10.6 Å². The van der Waals surface area contributed by atoms with E-state index in [4.69, 9.17) is 5.73 Å². The molecule has 1 aliphatic heterocycles. The Bertz CT molecular complexity index is 693. The van der Waals surface area contributed by atoms with Gasteiger partial charge in [0, 0.05) is 13.1 Å². The molecule has 0 aliphatic carbocycles. The fraction of sp³-hybridized carbons (Fsp3) is 0.312. The first-order valence-corrected chi connectivity index (χ1v) is 7.07. The predicted octanol–water partition coefficient (Wildman–Crippen LogP) is 2.73. The van der Waals surface area contributed by atoms with Crippen LogP contribution < -0.4 is 10.6 Å². The number of nitrogens with two attached hydrogens (primary N) is 1. The highest BCUT2D eigenvalue weighted by atomic mass is 19.1. The molecule has 1 aliphatic rings. The van der Waals surface area contributed by atoms with E-state index in [-0.39, 0.29) is 5.82 Å². The Morgan fingerprint density at radius 2 is 2.00 bits per heavy atom. The van der Waals surface area contributed by atoms with Crippen LogP contribution in [0.3, 0.4) is 0 Å². The normalized spacial score (nSPS) is 14.4. The number of hydrogen-bond acceptors (Lipinski definition) is 3. The van der Waals surface area contributed by atoms with Gasteiger partial charge in [0.05, 0.1) is 12.2 Å². The van der Waals surface area contributed by atoms with Crippen molar-refractivity contribution in [1.29, 1.82) is 5.26 Å². The van der Waals surface area contributed by atoms with Gasteiger partial charge in [0.15, 0.2) is 0 Å². The van der Waals surface area contributed by atoms with Gasteiger partial charge in [-0.3, -0.25) is 0 Å². The molecule has 2 N–H and O–H groups in total. The maximum Gasteiger partial charge on any atom is 0.133 e. The highest BCUT2D eigenvalue weighted by Gasteiger charge is 2.22. The highest BCUT2D eigenvalue weighted by molar-refractivity contribution is 5.68. The molecule has 2 heterocycles. The third-order valence-electron chi connectivity index (χ3n) is 3.85. The fourth-order valence-electron chi connectivity index (χ4n) is 2.91. The zero-order valence-corrected chi connectivity index (χ0v) is 11.7. The molecule has 2 aromatic rings. The van der Waals surface area contributed by atoms with E-state index in [2.05, 4.69) is 11.0 Å². The second kappa shape index (κ2) is 5.49. The molecule has 1 saturated heterocycles. The van der Waals surface area contributed by atoms with E-state index in [0.717, 1.165) is 37.3 Å². The number of nitrogens with zero attached hydrogens (tertiary/aromatic N) is 3. The number of benzene rings is 1. The van der Waals surface area contributed by atoms with Crippen molar-refractivity contribution in [1.82, 2.24) is 4.57 Å². The Balaban J connectivity index is 2.01. The van der Waals surface area contributed by atoms with Crippen molar-refractivity contribution in [2.75, 3.05) is 23.7 Å². The zero-order chi connectivity index (χ0) is 14.8. The summed E-state index contributed by atoms with van der Waals surface area (Å²) in [6.07, 6.45) is 2.26. The van der Waals surface area contributed by atoms with E-state index in [1.165, 1.54) is 12.1 Å². The standard InChI is InChI=1S/C16H17FN4/c17-13-5-3-4-12(8-13)11-21-14(10-18)9-15(19)16(21)20-6-1-2-7-20/h3-5,8-9H,1-2,6-7,11,19H2. The summed E-state index contributed by atoms with van der Waals surface area (Å²) in [6, 6.07) is 10.3. The molecule has 0 unspecified atom stereocenters. The molecule has 3 rings (SSSR count). The quantitative estimate of drug-likeness (QED) is 0.942. The number of rotatable bonds is 3. The lowest BCUT2D eigenvalue weighted by Gasteiger charge is -2.21. The summed E-state index contributed by atoms with van der Waals surface area (Å²) in [5.74, 6) is 0.613. The van der Waals surface area contributed by atoms with Gasteiger partial charge in [-0.15, -0.1) is 0 Å². The van der Waals surface area contributed by atoms with Crippen LogP contribution in [0.15, 0.2) is 30.3 Å². The maximum absolute atomic E-state index is 13.3. The number of nitrogen functional groups attached to an aromatic ring is 1. The fourth-order valence-corrected chi connectivity index (χ4v) is 2.91. The van der Waals surface area contributed by atoms with Gasteiger partial charge >= 0.3 is 0 Å². The molecule has 108 valence electrons. The Hall–Kier alpha value is -2.48. The third kappa shape index (κ3) is 2.57. The lowest BCUT2D eigenvalue weighted by Crippen LogP contribution is -2.23. The lowest BCUT2D eigenvalue weighted by molar-refractivity contribution is 0.623. The minimum Gasteiger partial charge on any atom is -0.396 e. The average Bonchev–Trinajstić information content (AvgIpc) is 3.07. The van der Waals surface area contributed by atoms with E-state index >= 15 is 0 Å². The molecule has 0 spiro atoms. The van der Waals surface area contributed by atoms with Crippen LogP contribution in [-0.4, -0.2) is 17.7 Å². The van der Waals surface area contributed by atoms with E-state index < -0.39 is 0 Å². The summed E-state index contributed by atoms with van der Waals surface area (Å²) in [5, 5.41) is 9.31. The second-order valence-electron chi connectivity index (χ2n) is 5.33. The topological polar surface area (TPSA) is 58.0 Å². The number of hydrogen-bond donors (Lipinski definition) is 1. The summed E-state index contributed by atoms with van der Waals surface area (Å²) in [4.78, 5) is 2.20. The monoisotopic (exact) mass is 284 g/mol. The molecular formula is C16H17FN4. The number of anilines is 2. The molecule has 21 heavy (non-hydrogen) atoms. The molecule has 1 fully saturated rings. The third-order valence-corrected chi connectivity index (χ3v) is 3.85. The van der Waals surface area contributed by atoms with Gasteiger partial charge in [-0.05, 0) is 36.6 Å². The minimum atomic E-state index is -0.270. The minimum absolute atomic E-state index is 0.270. The van der Waals surface area contributed by atoms with Crippen molar-refractivity contribution in [2.24, 2.45) is 0 Å². The van der Waals surface area contributed by atoms with Crippen molar-refractivity contribution in [3.63, 3.8) is 0 Å². The lowest BCUT2D eigenvalue weighted by atomic mass is 10.2. The Labute approximate surface area is 123 Å². The first kappa shape index (κ1) is 13.5. The van der Waals surface area contributed by atoms with Crippen LogP contribution >= 0.6 is 0 Å². The van der Waals surface area contributed by atoms with Crippen LogP contribution in [0.2, 0.25) is 0 Å². The zero-order valence-electron chi connectivity index (χ0n) is 11.7. The molecule has 0 bridgehead atoms. The molecule has 1 aromatic carbocycles. The van der Waals surface area contributed by atoms with Crippen LogP contribution in [0, 0.1) is 17.1 Å². The van der Waals surface area contributed by atoms with Gasteiger partial charge in [0.1, 0.15) is 23.4 Å². The SMILES string of the molecule is N#Cc1cc(N)c(N2CCCC2)n1Cc1cccc(F)c1. The van der Waals surface area contributed by atoms with Crippen molar-refractivity contribution in [2.45, 2.75) is 19.4 Å². The van der Waals surface area contributed by atoms with Crippen molar-refractivity contribution in [3.05, 3.63) is 47.4 Å². The summed E-state index contributed by atoms with van der Waals surface area (Å²) in [6.45, 7) is 2.34. The van der Waals surface area contributed by atoms with Gasteiger partial charge in [-0.25, -0.2) is 4.39 Å². The number of nitriles is 1.